The van der Waals surface area contributed by atoms with Crippen molar-refractivity contribution in [2.24, 2.45) is 0 Å². The summed E-state index contributed by atoms with van der Waals surface area (Å²) in [5.41, 5.74) is 2.01. The molecule has 2 rings (SSSR count). The van der Waals surface area contributed by atoms with E-state index in [0.29, 0.717) is 0 Å². The van der Waals surface area contributed by atoms with Crippen molar-refractivity contribution in [3.63, 3.8) is 0 Å². The monoisotopic (exact) mass is 570 g/mol. The summed E-state index contributed by atoms with van der Waals surface area (Å²) in [5.74, 6) is 0. The smallest absolute Gasteiger partial charge is 0.663 e. The molecule has 1 aromatic heterocycles. The third kappa shape index (κ3) is 11.8. The minimum absolute atomic E-state index is 0. The molecular formula is C24H33IrN4. The number of hydrogen-bond donors (Lipinski definition) is 0. The van der Waals surface area contributed by atoms with Gasteiger partial charge in [0.2, 0.25) is 0 Å². The Balaban J connectivity index is 0.000000537. The molecule has 29 heavy (non-hydrogen) atoms. The average molecular weight is 570 g/mol. The van der Waals surface area contributed by atoms with Crippen molar-refractivity contribution in [2.45, 2.75) is 46.1 Å². The first-order chi connectivity index (χ1) is 13.5. The second kappa shape index (κ2) is 16.2. The third-order valence-electron chi connectivity index (χ3n) is 3.57. The molecule has 5 heteroatoms. The van der Waals surface area contributed by atoms with E-state index in [1.54, 1.807) is 6.20 Å². The van der Waals surface area contributed by atoms with Gasteiger partial charge in [-0.1, -0.05) is 52.0 Å². The van der Waals surface area contributed by atoms with E-state index in [9.17, 15) is 0 Å². The first-order valence-corrected chi connectivity index (χ1v) is 9.71. The Morgan fingerprint density at radius 3 is 1.97 bits per heavy atom. The molecule has 0 saturated heterocycles. The Labute approximate surface area is 190 Å². The van der Waals surface area contributed by atoms with Crippen LogP contribution in [0.4, 0.5) is 0 Å². The molecule has 2 aromatic rings. The molecule has 1 aromatic carbocycles. The van der Waals surface area contributed by atoms with Gasteiger partial charge in [0.05, 0.1) is 0 Å². The van der Waals surface area contributed by atoms with Crippen LogP contribution in [0.5, 0.6) is 0 Å². The van der Waals surface area contributed by atoms with Crippen LogP contribution in [0.3, 0.4) is 0 Å². The molecule has 0 atom stereocenters. The molecule has 1 heterocycles. The largest absolute Gasteiger partial charge is 3.00 e. The zero-order chi connectivity index (χ0) is 20.8. The van der Waals surface area contributed by atoms with E-state index in [0.717, 1.165) is 24.3 Å². The fourth-order valence-electron chi connectivity index (χ4n) is 2.43. The SMILES string of the molecule is C=CCN(CC=C)C([N-]C(C)C)[N-]C(C)C.[Ir+3].[c-]1ccccc1-c1ccccn1. The number of aromatic nitrogens is 1. The molecule has 0 fully saturated rings. The summed E-state index contributed by atoms with van der Waals surface area (Å²) in [4.78, 5) is 6.37. The molecule has 0 N–H and O–H groups in total. The predicted octanol–water partition coefficient (Wildman–Crippen LogP) is 6.05. The van der Waals surface area contributed by atoms with Gasteiger partial charge in [-0.15, -0.1) is 61.1 Å². The van der Waals surface area contributed by atoms with Crippen molar-refractivity contribution in [1.29, 1.82) is 0 Å². The van der Waals surface area contributed by atoms with Crippen LogP contribution in [0.15, 0.2) is 74.0 Å². The second-order valence-corrected chi connectivity index (χ2v) is 6.85. The molecular weight excluding hydrogens is 537 g/mol. The van der Waals surface area contributed by atoms with Gasteiger partial charge in [0, 0.05) is 19.3 Å². The Morgan fingerprint density at radius 2 is 1.55 bits per heavy atom. The number of rotatable bonds is 10. The van der Waals surface area contributed by atoms with Gasteiger partial charge in [0.1, 0.15) is 0 Å². The molecule has 0 bridgehead atoms. The molecule has 0 aliphatic heterocycles. The Hall–Kier alpha value is -1.62. The number of nitrogens with zero attached hydrogens (tertiary/aromatic N) is 4. The summed E-state index contributed by atoms with van der Waals surface area (Å²) in [6.45, 7) is 17.4. The normalized spacial score (nSPS) is 10.5. The van der Waals surface area contributed by atoms with E-state index in [1.165, 1.54) is 0 Å². The van der Waals surface area contributed by atoms with Gasteiger partial charge in [-0.2, -0.15) is 6.29 Å². The van der Waals surface area contributed by atoms with E-state index < -0.39 is 0 Å². The van der Waals surface area contributed by atoms with Crippen LogP contribution < -0.4 is 0 Å². The minimum Gasteiger partial charge on any atom is -0.663 e. The van der Waals surface area contributed by atoms with E-state index in [-0.39, 0.29) is 38.5 Å². The first-order valence-electron chi connectivity index (χ1n) is 9.71. The van der Waals surface area contributed by atoms with E-state index in [1.807, 2.05) is 54.6 Å². The maximum Gasteiger partial charge on any atom is 3.00 e. The van der Waals surface area contributed by atoms with E-state index >= 15 is 0 Å². The quantitative estimate of drug-likeness (QED) is 0.258. The van der Waals surface area contributed by atoms with Gasteiger partial charge >= 0.3 is 20.1 Å². The maximum absolute atomic E-state index is 4.62. The van der Waals surface area contributed by atoms with Crippen LogP contribution in [0, 0.1) is 6.07 Å². The van der Waals surface area contributed by atoms with Crippen LogP contribution in [-0.4, -0.2) is 41.3 Å². The summed E-state index contributed by atoms with van der Waals surface area (Å²) >= 11 is 0. The van der Waals surface area contributed by atoms with Crippen molar-refractivity contribution < 1.29 is 20.1 Å². The molecule has 0 unspecified atom stereocenters. The molecule has 0 saturated carbocycles. The van der Waals surface area contributed by atoms with Gasteiger partial charge in [-0.05, 0) is 11.8 Å². The van der Waals surface area contributed by atoms with Crippen LogP contribution in [0.25, 0.3) is 21.9 Å². The van der Waals surface area contributed by atoms with Crippen LogP contribution in [0.2, 0.25) is 0 Å². The molecule has 4 nitrogen and oxygen atoms in total. The molecule has 0 aliphatic rings. The summed E-state index contributed by atoms with van der Waals surface area (Å²) in [7, 11) is 0. The first kappa shape index (κ1) is 27.4. The summed E-state index contributed by atoms with van der Waals surface area (Å²) in [5, 5.41) is 9.24. The predicted molar refractivity (Wildman–Crippen MR) is 121 cm³/mol. The zero-order valence-electron chi connectivity index (χ0n) is 18.0. The Bertz CT molecular complexity index is 602. The van der Waals surface area contributed by atoms with Crippen LogP contribution >= 0.6 is 0 Å². The topological polar surface area (TPSA) is 44.3 Å². The summed E-state index contributed by atoms with van der Waals surface area (Å²) in [6.07, 6.45) is 5.46. The van der Waals surface area contributed by atoms with Crippen molar-refractivity contribution in [2.75, 3.05) is 13.1 Å². The summed E-state index contributed by atoms with van der Waals surface area (Å²) in [6, 6.07) is 17.4. The Morgan fingerprint density at radius 1 is 0.966 bits per heavy atom. The van der Waals surface area contributed by atoms with Gasteiger partial charge < -0.3 is 20.5 Å². The molecule has 158 valence electrons. The second-order valence-electron chi connectivity index (χ2n) is 6.85. The van der Waals surface area contributed by atoms with Crippen molar-refractivity contribution >= 4 is 0 Å². The summed E-state index contributed by atoms with van der Waals surface area (Å²) < 4.78 is 0. The number of hydrogen-bond acceptors (Lipinski definition) is 2. The van der Waals surface area contributed by atoms with Crippen LogP contribution in [-0.2, 0) is 20.1 Å². The fourth-order valence-corrected chi connectivity index (χ4v) is 2.43. The average Bonchev–Trinajstić information content (AvgIpc) is 2.68. The van der Waals surface area contributed by atoms with Crippen LogP contribution in [0.1, 0.15) is 27.7 Å². The van der Waals surface area contributed by atoms with Gasteiger partial charge in [-0.25, -0.2) is 0 Å². The van der Waals surface area contributed by atoms with Gasteiger partial charge in [-0.3, -0.25) is 0 Å². The van der Waals surface area contributed by atoms with E-state index in [4.69, 9.17) is 0 Å². The zero-order valence-corrected chi connectivity index (χ0v) is 20.4. The maximum atomic E-state index is 4.62. The van der Waals surface area contributed by atoms with Gasteiger partial charge in [0.15, 0.2) is 0 Å². The third-order valence-corrected chi connectivity index (χ3v) is 3.57. The van der Waals surface area contributed by atoms with Crippen molar-refractivity contribution in [1.82, 2.24) is 9.88 Å². The van der Waals surface area contributed by atoms with E-state index in [2.05, 4.69) is 67.4 Å². The molecule has 0 amide bonds. The standard InChI is InChI=1S/C13H25N3.C11H8N.Ir/c1-7-9-16(10-8-2)13(14-11(3)4)15-12(5)6;1-2-6-10(7-3-1)11-8-4-5-9-12-11;/h7-8,11-13H,1-2,9-10H2,3-6H3;1-6,8-9H;/q-2;-1;+3. The molecule has 0 radical (unpaired) electrons. The number of benzene rings is 1. The molecule has 0 aliphatic carbocycles. The van der Waals surface area contributed by atoms with Crippen molar-refractivity contribution in [3.8, 4) is 11.3 Å². The minimum atomic E-state index is -0.0870. The number of pyridine rings is 1. The Kier molecular flexibility index (Phi) is 15.3. The van der Waals surface area contributed by atoms with Crippen molar-refractivity contribution in [3.05, 3.63) is 90.7 Å². The van der Waals surface area contributed by atoms with Gasteiger partial charge in [0.25, 0.3) is 0 Å². The fraction of sp³-hybridized carbons (Fsp3) is 0.375. The molecule has 0 spiro atoms.